The molecule has 0 radical (unpaired) electrons. The maximum atomic E-state index is 11.9. The van der Waals surface area contributed by atoms with Crippen LogP contribution in [-0.4, -0.2) is 58.2 Å². The van der Waals surface area contributed by atoms with Gasteiger partial charge < -0.3 is 29.9 Å². The summed E-state index contributed by atoms with van der Waals surface area (Å²) in [5.41, 5.74) is -0.227. The van der Waals surface area contributed by atoms with Crippen LogP contribution in [0.15, 0.2) is 23.7 Å². The largest absolute Gasteiger partial charge is 0.501 e. The van der Waals surface area contributed by atoms with Gasteiger partial charge in [0.15, 0.2) is 0 Å². The Balaban J connectivity index is 0.000000662. The zero-order chi connectivity index (χ0) is 20.6. The van der Waals surface area contributed by atoms with Crippen LogP contribution in [0.1, 0.15) is 34.6 Å². The minimum absolute atomic E-state index is 0.114. The van der Waals surface area contributed by atoms with E-state index in [1.54, 1.807) is 0 Å². The summed E-state index contributed by atoms with van der Waals surface area (Å²) in [6.07, 6.45) is 0. The highest BCUT2D eigenvalue weighted by atomic mass is 16.5. The number of carboxylic acid groups (broad SMARTS) is 2. The fourth-order valence-corrected chi connectivity index (χ4v) is 1.81. The summed E-state index contributed by atoms with van der Waals surface area (Å²) in [6.45, 7) is 2.17. The highest BCUT2D eigenvalue weighted by Gasteiger charge is 2.37. The lowest BCUT2D eigenvalue weighted by atomic mass is 9.90. The number of aliphatic carboxylic acids is 2. The Hall–Kier alpha value is -3.56. The van der Waals surface area contributed by atoms with Gasteiger partial charge in [-0.05, 0) is 12.1 Å². The molecule has 10 heteroatoms. The van der Waals surface area contributed by atoms with Crippen molar-refractivity contribution in [2.24, 2.45) is 0 Å². The Labute approximate surface area is 147 Å². The van der Waals surface area contributed by atoms with Crippen molar-refractivity contribution in [3.63, 3.8) is 0 Å². The van der Waals surface area contributed by atoms with E-state index in [-0.39, 0.29) is 22.6 Å². The van der Waals surface area contributed by atoms with E-state index < -0.39 is 35.0 Å². The van der Waals surface area contributed by atoms with Crippen LogP contribution in [0.3, 0.4) is 0 Å². The summed E-state index contributed by atoms with van der Waals surface area (Å²) >= 11 is 0. The molecule has 1 aromatic rings. The number of ketones is 2. The van der Waals surface area contributed by atoms with Gasteiger partial charge in [0.05, 0.1) is 25.3 Å². The molecule has 0 saturated carbocycles. The summed E-state index contributed by atoms with van der Waals surface area (Å²) in [5.74, 6) is -5.14. The topological polar surface area (TPSA) is 168 Å². The lowest BCUT2D eigenvalue weighted by molar-refractivity contribution is -0.135. The number of allylic oxidation sites excluding steroid dienone is 2. The van der Waals surface area contributed by atoms with Gasteiger partial charge in [0.2, 0.25) is 23.1 Å². The van der Waals surface area contributed by atoms with E-state index in [4.69, 9.17) is 29.3 Å². The van der Waals surface area contributed by atoms with Gasteiger partial charge in [0.1, 0.15) is 11.5 Å². The maximum Gasteiger partial charge on any atom is 0.300 e. The third-order valence-electron chi connectivity index (χ3n) is 2.68. The van der Waals surface area contributed by atoms with Crippen LogP contribution in [-0.2, 0) is 9.59 Å². The van der Waals surface area contributed by atoms with Crippen LogP contribution in [0.5, 0.6) is 11.5 Å². The first-order valence-electron chi connectivity index (χ1n) is 6.85. The molecular weight excluding hydrogens is 352 g/mol. The monoisotopic (exact) mass is 370 g/mol. The quantitative estimate of drug-likeness (QED) is 0.600. The minimum Gasteiger partial charge on any atom is -0.501 e. The van der Waals surface area contributed by atoms with E-state index in [0.29, 0.717) is 0 Å². The molecule has 0 unspecified atom stereocenters. The van der Waals surface area contributed by atoms with Crippen molar-refractivity contribution in [3.8, 4) is 11.5 Å². The van der Waals surface area contributed by atoms with Crippen molar-refractivity contribution in [2.45, 2.75) is 13.8 Å². The number of benzene rings is 1. The van der Waals surface area contributed by atoms with Gasteiger partial charge in [-0.3, -0.25) is 19.2 Å². The molecule has 0 atom stereocenters. The fourth-order valence-electron chi connectivity index (χ4n) is 1.81. The molecule has 1 aliphatic carbocycles. The molecule has 0 aliphatic heterocycles. The minimum atomic E-state index is -0.987. The number of hydrogen-bond acceptors (Lipinski definition) is 8. The van der Waals surface area contributed by atoms with Gasteiger partial charge >= 0.3 is 0 Å². The third kappa shape index (κ3) is 5.51. The van der Waals surface area contributed by atoms with Crippen LogP contribution in [0.2, 0.25) is 0 Å². The standard InChI is InChI=1S/C12H10O6.2C2H4O2/c1-17-5-3-4-6(18-2)8-7(5)9(13)11(15)12(16)10(8)14;2*1-2(3)4/h3-4,15-16H,1-2H3;2*1H3,(H,3,4). The van der Waals surface area contributed by atoms with Gasteiger partial charge in [-0.15, -0.1) is 0 Å². The smallest absolute Gasteiger partial charge is 0.300 e. The van der Waals surface area contributed by atoms with Gasteiger partial charge in [-0.25, -0.2) is 0 Å². The lowest BCUT2D eigenvalue weighted by Gasteiger charge is -2.18. The second-order valence-electron chi connectivity index (χ2n) is 4.61. The van der Waals surface area contributed by atoms with Gasteiger partial charge in [0.25, 0.3) is 11.9 Å². The zero-order valence-corrected chi connectivity index (χ0v) is 14.4. The highest BCUT2D eigenvalue weighted by Crippen LogP contribution is 2.36. The Morgan fingerprint density at radius 1 is 0.769 bits per heavy atom. The number of rotatable bonds is 2. The molecule has 0 spiro atoms. The highest BCUT2D eigenvalue weighted by molar-refractivity contribution is 6.27. The third-order valence-corrected chi connectivity index (χ3v) is 2.68. The van der Waals surface area contributed by atoms with Crippen LogP contribution >= 0.6 is 0 Å². The van der Waals surface area contributed by atoms with Crippen molar-refractivity contribution in [1.29, 1.82) is 0 Å². The Bertz CT molecular complexity index is 690. The molecule has 0 aromatic heterocycles. The molecule has 142 valence electrons. The molecule has 4 N–H and O–H groups in total. The van der Waals surface area contributed by atoms with E-state index in [9.17, 15) is 19.8 Å². The van der Waals surface area contributed by atoms with Gasteiger partial charge in [-0.1, -0.05) is 0 Å². The molecule has 0 saturated heterocycles. The number of methoxy groups -OCH3 is 2. The number of carbonyl (C=O) groups is 4. The van der Waals surface area contributed by atoms with Crippen LogP contribution in [0.25, 0.3) is 0 Å². The predicted octanol–water partition coefficient (Wildman–Crippen LogP) is 1.59. The summed E-state index contributed by atoms with van der Waals surface area (Å²) in [7, 11) is 2.66. The van der Waals surface area contributed by atoms with E-state index in [0.717, 1.165) is 13.8 Å². The van der Waals surface area contributed by atoms with E-state index in [2.05, 4.69) is 0 Å². The number of carbonyl (C=O) groups excluding carboxylic acids is 2. The Morgan fingerprint density at radius 2 is 1.00 bits per heavy atom. The number of aliphatic hydroxyl groups is 2. The maximum absolute atomic E-state index is 11.9. The van der Waals surface area contributed by atoms with Crippen LogP contribution in [0.4, 0.5) is 0 Å². The summed E-state index contributed by atoms with van der Waals surface area (Å²) in [4.78, 5) is 41.7. The molecule has 1 aliphatic rings. The van der Waals surface area contributed by atoms with Gasteiger partial charge in [0, 0.05) is 13.8 Å². The van der Waals surface area contributed by atoms with Crippen molar-refractivity contribution >= 4 is 23.5 Å². The molecule has 1 aromatic carbocycles. The van der Waals surface area contributed by atoms with E-state index in [1.807, 2.05) is 0 Å². The van der Waals surface area contributed by atoms with Crippen molar-refractivity contribution in [3.05, 3.63) is 34.8 Å². The van der Waals surface area contributed by atoms with Crippen molar-refractivity contribution in [2.75, 3.05) is 14.2 Å². The molecule has 0 heterocycles. The number of hydrogen-bond donors (Lipinski definition) is 4. The number of aliphatic hydroxyl groups excluding tert-OH is 2. The SMILES string of the molecule is CC(=O)O.CC(=O)O.COc1ccc(OC)c2c1C(=O)C(O)=C(O)C2=O. The Kier molecular flexibility index (Phi) is 8.34. The zero-order valence-electron chi connectivity index (χ0n) is 14.4. The molecule has 26 heavy (non-hydrogen) atoms. The molecule has 0 fully saturated rings. The average Bonchev–Trinajstić information content (AvgIpc) is 2.55. The van der Waals surface area contributed by atoms with Gasteiger partial charge in [-0.2, -0.15) is 0 Å². The van der Waals surface area contributed by atoms with Crippen LogP contribution < -0.4 is 9.47 Å². The lowest BCUT2D eigenvalue weighted by Crippen LogP contribution is -2.23. The summed E-state index contributed by atoms with van der Waals surface area (Å²) < 4.78 is 9.94. The summed E-state index contributed by atoms with van der Waals surface area (Å²) in [6, 6.07) is 2.89. The normalized spacial score (nSPS) is 12.0. The molecular formula is C16H18O10. The fraction of sp³-hybridized carbons (Fsp3) is 0.250. The van der Waals surface area contributed by atoms with Crippen LogP contribution in [0, 0.1) is 0 Å². The number of Topliss-reactive ketones (excluding diaryl/α,β-unsaturated/α-hetero) is 2. The first-order valence-corrected chi connectivity index (χ1v) is 6.85. The number of carboxylic acids is 2. The van der Waals surface area contributed by atoms with E-state index in [1.165, 1.54) is 26.4 Å². The first kappa shape index (κ1) is 22.4. The van der Waals surface area contributed by atoms with Crippen molar-refractivity contribution < 1.29 is 49.1 Å². The molecule has 0 bridgehead atoms. The van der Waals surface area contributed by atoms with Crippen molar-refractivity contribution in [1.82, 2.24) is 0 Å². The molecule has 0 amide bonds. The molecule has 10 nitrogen and oxygen atoms in total. The van der Waals surface area contributed by atoms with E-state index >= 15 is 0 Å². The second-order valence-corrected chi connectivity index (χ2v) is 4.61. The number of fused-ring (bicyclic) bond motifs is 1. The predicted molar refractivity (Wildman–Crippen MR) is 87.1 cm³/mol. The first-order chi connectivity index (χ1) is 12.0. The number of ether oxygens (including phenoxy) is 2. The average molecular weight is 370 g/mol. The summed E-state index contributed by atoms with van der Waals surface area (Å²) in [5, 5.41) is 33.7. The molecule has 2 rings (SSSR count). The Morgan fingerprint density at radius 3 is 1.19 bits per heavy atom. The second kappa shape index (κ2) is 9.67.